The van der Waals surface area contributed by atoms with Crippen LogP contribution in [0.3, 0.4) is 0 Å². The molecule has 0 aliphatic rings. The Bertz CT molecular complexity index is 1190. The number of sulfonamides is 1. The molecule has 0 bridgehead atoms. The van der Waals surface area contributed by atoms with Gasteiger partial charge in [-0.2, -0.15) is 0 Å². The van der Waals surface area contributed by atoms with E-state index in [-0.39, 0.29) is 43.8 Å². The molecular weight excluding hydrogens is 537 g/mol. The van der Waals surface area contributed by atoms with Gasteiger partial charge in [0.05, 0.1) is 29.1 Å². The van der Waals surface area contributed by atoms with Crippen LogP contribution in [0.15, 0.2) is 42.5 Å². The SMILES string of the molecule is CC[C@@H](C)NC(=O)[C@H](C)N(Cc1ccc(Cl)c(Cl)c1)C(=O)CCCN(c1cccc(OC)c1)S(C)(=O)=O. The first-order valence-electron chi connectivity index (χ1n) is 12.0. The molecule has 8 nitrogen and oxygen atoms in total. The fourth-order valence-electron chi connectivity index (χ4n) is 3.65. The molecule has 1 N–H and O–H groups in total. The zero-order valence-electron chi connectivity index (χ0n) is 21.8. The van der Waals surface area contributed by atoms with Crippen LogP contribution in [0.4, 0.5) is 5.69 Å². The van der Waals surface area contributed by atoms with Crippen LogP contribution in [0, 0.1) is 0 Å². The zero-order valence-corrected chi connectivity index (χ0v) is 24.2. The van der Waals surface area contributed by atoms with Crippen molar-refractivity contribution in [2.75, 3.05) is 24.2 Å². The number of benzene rings is 2. The van der Waals surface area contributed by atoms with E-state index in [0.29, 0.717) is 21.5 Å². The maximum Gasteiger partial charge on any atom is 0.242 e. The number of amides is 2. The lowest BCUT2D eigenvalue weighted by Crippen LogP contribution is -2.49. The van der Waals surface area contributed by atoms with Crippen molar-refractivity contribution in [1.29, 1.82) is 0 Å². The van der Waals surface area contributed by atoms with Crippen LogP contribution < -0.4 is 14.4 Å². The number of ether oxygens (including phenoxy) is 1. The molecule has 0 radical (unpaired) electrons. The van der Waals surface area contributed by atoms with Crippen LogP contribution in [-0.2, 0) is 26.2 Å². The van der Waals surface area contributed by atoms with Crippen molar-refractivity contribution in [1.82, 2.24) is 10.2 Å². The van der Waals surface area contributed by atoms with Crippen molar-refractivity contribution in [3.05, 3.63) is 58.1 Å². The van der Waals surface area contributed by atoms with Crippen molar-refractivity contribution < 1.29 is 22.7 Å². The number of nitrogens with zero attached hydrogens (tertiary/aromatic N) is 2. The van der Waals surface area contributed by atoms with Gasteiger partial charge in [-0.05, 0) is 56.5 Å². The minimum absolute atomic E-state index is 0.0388. The molecule has 0 saturated carbocycles. The Kier molecular flexibility index (Phi) is 11.5. The molecule has 2 aromatic rings. The third-order valence-electron chi connectivity index (χ3n) is 6.00. The van der Waals surface area contributed by atoms with Crippen molar-refractivity contribution in [2.24, 2.45) is 0 Å². The third kappa shape index (κ3) is 9.09. The molecule has 2 amide bonds. The summed E-state index contributed by atoms with van der Waals surface area (Å²) in [6, 6.07) is 11.0. The van der Waals surface area contributed by atoms with Gasteiger partial charge in [0.2, 0.25) is 21.8 Å². The van der Waals surface area contributed by atoms with Gasteiger partial charge in [0.15, 0.2) is 0 Å². The minimum atomic E-state index is -3.60. The van der Waals surface area contributed by atoms with E-state index in [2.05, 4.69) is 5.32 Å². The van der Waals surface area contributed by atoms with Crippen molar-refractivity contribution >= 4 is 50.7 Å². The number of hydrogen-bond acceptors (Lipinski definition) is 5. The number of hydrogen-bond donors (Lipinski definition) is 1. The molecule has 11 heteroatoms. The van der Waals surface area contributed by atoms with Crippen LogP contribution in [0.1, 0.15) is 45.6 Å². The number of nitrogens with one attached hydrogen (secondary N) is 1. The third-order valence-corrected chi connectivity index (χ3v) is 7.93. The number of carbonyl (C=O) groups is 2. The van der Waals surface area contributed by atoms with Gasteiger partial charge in [-0.1, -0.05) is 42.3 Å². The minimum Gasteiger partial charge on any atom is -0.497 e. The molecule has 0 spiro atoms. The van der Waals surface area contributed by atoms with Crippen molar-refractivity contribution in [2.45, 2.75) is 58.7 Å². The highest BCUT2D eigenvalue weighted by atomic mass is 35.5. The van der Waals surface area contributed by atoms with E-state index < -0.39 is 16.1 Å². The molecule has 0 aliphatic carbocycles. The summed E-state index contributed by atoms with van der Waals surface area (Å²) in [4.78, 5) is 27.7. The van der Waals surface area contributed by atoms with E-state index in [9.17, 15) is 18.0 Å². The molecule has 2 rings (SSSR count). The Labute approximate surface area is 229 Å². The van der Waals surface area contributed by atoms with E-state index in [4.69, 9.17) is 27.9 Å². The number of carbonyl (C=O) groups excluding carboxylic acids is 2. The normalized spacial score (nSPS) is 12.9. The van der Waals surface area contributed by atoms with Crippen molar-refractivity contribution in [3.8, 4) is 5.75 Å². The number of methoxy groups -OCH3 is 1. The lowest BCUT2D eigenvalue weighted by Gasteiger charge is -2.30. The molecule has 2 aromatic carbocycles. The monoisotopic (exact) mass is 571 g/mol. The average molecular weight is 573 g/mol. The van der Waals surface area contributed by atoms with Crippen LogP contribution in [-0.4, -0.2) is 57.1 Å². The van der Waals surface area contributed by atoms with Gasteiger partial charge < -0.3 is 15.0 Å². The highest BCUT2D eigenvalue weighted by Gasteiger charge is 2.27. The summed E-state index contributed by atoms with van der Waals surface area (Å²) in [7, 11) is -2.10. The predicted molar refractivity (Wildman–Crippen MR) is 149 cm³/mol. The molecule has 0 fully saturated rings. The number of halogens is 2. The maximum atomic E-state index is 13.4. The summed E-state index contributed by atoms with van der Waals surface area (Å²) in [5.41, 5.74) is 1.17. The summed E-state index contributed by atoms with van der Waals surface area (Å²) < 4.78 is 31.4. The Morgan fingerprint density at radius 1 is 1.08 bits per heavy atom. The van der Waals surface area contributed by atoms with E-state index >= 15 is 0 Å². The Balaban J connectivity index is 2.21. The molecule has 37 heavy (non-hydrogen) atoms. The number of anilines is 1. The van der Waals surface area contributed by atoms with Gasteiger partial charge in [0.1, 0.15) is 11.8 Å². The molecule has 0 aromatic heterocycles. The van der Waals surface area contributed by atoms with E-state index in [0.717, 1.165) is 18.2 Å². The van der Waals surface area contributed by atoms with Gasteiger partial charge in [-0.25, -0.2) is 8.42 Å². The fraction of sp³-hybridized carbons (Fsp3) is 0.462. The second-order valence-corrected chi connectivity index (χ2v) is 11.6. The number of rotatable bonds is 13. The lowest BCUT2D eigenvalue weighted by molar-refractivity contribution is -0.140. The topological polar surface area (TPSA) is 96.0 Å². The zero-order chi connectivity index (χ0) is 27.8. The summed E-state index contributed by atoms with van der Waals surface area (Å²) in [5.74, 6) is -0.0231. The highest BCUT2D eigenvalue weighted by Crippen LogP contribution is 2.25. The van der Waals surface area contributed by atoms with Crippen molar-refractivity contribution in [3.63, 3.8) is 0 Å². The Hall–Kier alpha value is -2.49. The second kappa shape index (κ2) is 13.9. The van der Waals surface area contributed by atoms with Gasteiger partial charge in [-0.15, -0.1) is 0 Å². The highest BCUT2D eigenvalue weighted by molar-refractivity contribution is 7.92. The van der Waals surface area contributed by atoms with Gasteiger partial charge in [0.25, 0.3) is 0 Å². The fourth-order valence-corrected chi connectivity index (χ4v) is 4.93. The van der Waals surface area contributed by atoms with Gasteiger partial charge in [-0.3, -0.25) is 13.9 Å². The molecule has 204 valence electrons. The first-order chi connectivity index (χ1) is 17.4. The summed E-state index contributed by atoms with van der Waals surface area (Å²) in [5, 5.41) is 3.66. The quantitative estimate of drug-likeness (QED) is 0.369. The second-order valence-electron chi connectivity index (χ2n) is 8.90. The molecule has 2 atom stereocenters. The average Bonchev–Trinajstić information content (AvgIpc) is 2.85. The van der Waals surface area contributed by atoms with Crippen LogP contribution >= 0.6 is 23.2 Å². The Morgan fingerprint density at radius 3 is 2.38 bits per heavy atom. The predicted octanol–water partition coefficient (Wildman–Crippen LogP) is 4.88. The Morgan fingerprint density at radius 2 is 1.78 bits per heavy atom. The van der Waals surface area contributed by atoms with Crippen LogP contribution in [0.25, 0.3) is 0 Å². The molecule has 0 saturated heterocycles. The first-order valence-corrected chi connectivity index (χ1v) is 14.6. The standard InChI is InChI=1S/C26H35Cl2N3O5S/c1-6-18(2)29-26(33)19(3)30(17-20-12-13-23(27)24(28)15-20)25(32)11-8-14-31(37(5,34)35)21-9-7-10-22(16-21)36-4/h7,9-10,12-13,15-16,18-19H,6,8,11,14,17H2,1-5H3,(H,29,33)/t18-,19+/m1/s1. The smallest absolute Gasteiger partial charge is 0.242 e. The largest absolute Gasteiger partial charge is 0.497 e. The molecule has 0 unspecified atom stereocenters. The van der Waals surface area contributed by atoms with E-state index in [1.807, 2.05) is 13.8 Å². The molecular formula is C26H35Cl2N3O5S. The van der Waals surface area contributed by atoms with Crippen LogP contribution in [0.5, 0.6) is 5.75 Å². The van der Waals surface area contributed by atoms with E-state index in [1.165, 1.54) is 16.3 Å². The van der Waals surface area contributed by atoms with Crippen LogP contribution in [0.2, 0.25) is 10.0 Å². The lowest BCUT2D eigenvalue weighted by atomic mass is 10.1. The maximum absolute atomic E-state index is 13.4. The summed E-state index contributed by atoms with van der Waals surface area (Å²) in [6.45, 7) is 5.77. The van der Waals surface area contributed by atoms with E-state index in [1.54, 1.807) is 49.4 Å². The van der Waals surface area contributed by atoms with Gasteiger partial charge >= 0.3 is 0 Å². The molecule has 0 aliphatic heterocycles. The van der Waals surface area contributed by atoms with Gasteiger partial charge in [0, 0.05) is 31.6 Å². The summed E-state index contributed by atoms with van der Waals surface area (Å²) >= 11 is 12.2. The molecule has 0 heterocycles. The first kappa shape index (κ1) is 30.7. The summed E-state index contributed by atoms with van der Waals surface area (Å²) in [6.07, 6.45) is 2.16.